The van der Waals surface area contributed by atoms with E-state index in [2.05, 4.69) is 30.8 Å². The molecule has 5 heteroatoms. The van der Waals surface area contributed by atoms with Crippen LogP contribution < -0.4 is 10.6 Å². The highest BCUT2D eigenvalue weighted by atomic mass is 79.9. The predicted molar refractivity (Wildman–Crippen MR) is 64.8 cm³/mol. The average Bonchev–Trinajstić information content (AvgIpc) is 2.50. The Balaban J connectivity index is 2.22. The summed E-state index contributed by atoms with van der Waals surface area (Å²) >= 11 is 3.47. The summed E-state index contributed by atoms with van der Waals surface area (Å²) in [6, 6.07) is 0. The molecule has 4 nitrogen and oxygen atoms in total. The molecule has 1 aliphatic heterocycles. The first-order chi connectivity index (χ1) is 7.27. The lowest BCUT2D eigenvalue weighted by molar-refractivity contribution is 0.726. The second-order valence-electron chi connectivity index (χ2n) is 3.80. The van der Waals surface area contributed by atoms with Crippen LogP contribution in [0.1, 0.15) is 25.7 Å². The van der Waals surface area contributed by atoms with Crippen molar-refractivity contribution in [1.29, 1.82) is 0 Å². The van der Waals surface area contributed by atoms with Crippen molar-refractivity contribution >= 4 is 27.7 Å². The number of rotatable bonds is 1. The van der Waals surface area contributed by atoms with Gasteiger partial charge in [0, 0.05) is 19.3 Å². The van der Waals surface area contributed by atoms with Gasteiger partial charge >= 0.3 is 0 Å². The summed E-state index contributed by atoms with van der Waals surface area (Å²) in [6.07, 6.45) is 6.82. The van der Waals surface area contributed by atoms with Gasteiger partial charge in [-0.05, 0) is 28.8 Å². The van der Waals surface area contributed by atoms with E-state index in [1.165, 1.54) is 25.7 Å². The molecule has 1 aliphatic rings. The van der Waals surface area contributed by atoms with E-state index in [1.54, 1.807) is 6.20 Å². The van der Waals surface area contributed by atoms with Gasteiger partial charge in [-0.2, -0.15) is 4.98 Å². The second kappa shape index (κ2) is 4.79. The van der Waals surface area contributed by atoms with Crippen LogP contribution in [0.3, 0.4) is 0 Å². The van der Waals surface area contributed by atoms with Gasteiger partial charge < -0.3 is 10.6 Å². The van der Waals surface area contributed by atoms with Gasteiger partial charge in [-0.3, -0.25) is 0 Å². The highest BCUT2D eigenvalue weighted by Crippen LogP contribution is 2.25. The van der Waals surface area contributed by atoms with Gasteiger partial charge in [0.15, 0.2) is 0 Å². The van der Waals surface area contributed by atoms with Crippen LogP contribution in [0, 0.1) is 0 Å². The number of nitrogen functional groups attached to an aromatic ring is 1. The molecule has 0 unspecified atom stereocenters. The van der Waals surface area contributed by atoms with Gasteiger partial charge in [0.25, 0.3) is 0 Å². The molecule has 1 fully saturated rings. The minimum atomic E-state index is 0.345. The minimum Gasteiger partial charge on any atom is -0.368 e. The number of halogens is 1. The summed E-state index contributed by atoms with van der Waals surface area (Å²) in [6.45, 7) is 2.13. The molecule has 0 radical (unpaired) electrons. The van der Waals surface area contributed by atoms with Gasteiger partial charge in [-0.15, -0.1) is 0 Å². The van der Waals surface area contributed by atoms with Crippen LogP contribution in [0.5, 0.6) is 0 Å². The first kappa shape index (κ1) is 10.7. The van der Waals surface area contributed by atoms with E-state index in [-0.39, 0.29) is 0 Å². The van der Waals surface area contributed by atoms with Crippen LogP contribution in [-0.4, -0.2) is 23.1 Å². The predicted octanol–water partition coefficient (Wildman–Crippen LogP) is 2.20. The number of hydrogen-bond donors (Lipinski definition) is 1. The summed E-state index contributed by atoms with van der Waals surface area (Å²) in [7, 11) is 0. The van der Waals surface area contributed by atoms with E-state index in [1.807, 2.05) is 0 Å². The zero-order valence-electron chi connectivity index (χ0n) is 8.62. The van der Waals surface area contributed by atoms with Crippen LogP contribution in [-0.2, 0) is 0 Å². The first-order valence-corrected chi connectivity index (χ1v) is 6.09. The largest absolute Gasteiger partial charge is 0.368 e. The van der Waals surface area contributed by atoms with E-state index in [9.17, 15) is 0 Å². The fourth-order valence-corrected chi connectivity index (χ4v) is 2.32. The maximum Gasteiger partial charge on any atom is 0.222 e. The Morgan fingerprint density at radius 1 is 1.20 bits per heavy atom. The number of anilines is 2. The highest BCUT2D eigenvalue weighted by Gasteiger charge is 2.14. The molecule has 15 heavy (non-hydrogen) atoms. The number of aromatic nitrogens is 2. The van der Waals surface area contributed by atoms with Crippen LogP contribution >= 0.6 is 15.9 Å². The van der Waals surface area contributed by atoms with E-state index in [4.69, 9.17) is 5.73 Å². The third-order valence-corrected chi connectivity index (χ3v) is 3.21. The summed E-state index contributed by atoms with van der Waals surface area (Å²) in [4.78, 5) is 10.5. The number of nitrogens with zero attached hydrogens (tertiary/aromatic N) is 3. The quantitative estimate of drug-likeness (QED) is 0.850. The van der Waals surface area contributed by atoms with Crippen LogP contribution in [0.4, 0.5) is 11.8 Å². The van der Waals surface area contributed by atoms with Crippen LogP contribution in [0.15, 0.2) is 10.7 Å². The molecule has 1 aromatic rings. The summed E-state index contributed by atoms with van der Waals surface area (Å²) in [5.74, 6) is 1.28. The molecule has 1 aromatic heterocycles. The van der Waals surface area contributed by atoms with Crippen molar-refractivity contribution in [2.45, 2.75) is 25.7 Å². The maximum absolute atomic E-state index is 5.60. The van der Waals surface area contributed by atoms with E-state index in [0.29, 0.717) is 5.95 Å². The summed E-state index contributed by atoms with van der Waals surface area (Å²) in [5.41, 5.74) is 5.60. The monoisotopic (exact) mass is 270 g/mol. The molecule has 0 bridgehead atoms. The highest BCUT2D eigenvalue weighted by molar-refractivity contribution is 9.10. The van der Waals surface area contributed by atoms with Crippen molar-refractivity contribution in [3.05, 3.63) is 10.7 Å². The molecule has 1 saturated heterocycles. The summed E-state index contributed by atoms with van der Waals surface area (Å²) in [5, 5.41) is 0. The molecule has 0 spiro atoms. The number of hydrogen-bond acceptors (Lipinski definition) is 4. The zero-order chi connectivity index (χ0) is 10.7. The lowest BCUT2D eigenvalue weighted by Gasteiger charge is -2.22. The van der Waals surface area contributed by atoms with Crippen molar-refractivity contribution in [3.8, 4) is 0 Å². The molecule has 0 saturated carbocycles. The van der Waals surface area contributed by atoms with Gasteiger partial charge in [0.1, 0.15) is 5.82 Å². The lowest BCUT2D eigenvalue weighted by atomic mass is 10.2. The average molecular weight is 271 g/mol. The first-order valence-electron chi connectivity index (χ1n) is 5.30. The van der Waals surface area contributed by atoms with Gasteiger partial charge in [0.2, 0.25) is 5.95 Å². The van der Waals surface area contributed by atoms with Gasteiger partial charge in [-0.1, -0.05) is 12.8 Å². The molecule has 0 amide bonds. The van der Waals surface area contributed by atoms with E-state index >= 15 is 0 Å². The molecule has 2 rings (SSSR count). The Hall–Kier alpha value is -0.840. The van der Waals surface area contributed by atoms with Gasteiger partial charge in [-0.25, -0.2) is 4.98 Å². The molecule has 0 aliphatic carbocycles. The normalized spacial score (nSPS) is 17.5. The van der Waals surface area contributed by atoms with Gasteiger partial charge in [0.05, 0.1) is 4.47 Å². The maximum atomic E-state index is 5.60. The Morgan fingerprint density at radius 3 is 2.53 bits per heavy atom. The molecular weight excluding hydrogens is 256 g/mol. The fourth-order valence-electron chi connectivity index (χ4n) is 1.88. The van der Waals surface area contributed by atoms with Crippen molar-refractivity contribution in [2.75, 3.05) is 23.7 Å². The molecule has 2 N–H and O–H groups in total. The standard InChI is InChI=1S/C10H15BrN4/c11-8-7-13-10(12)14-9(8)15-5-3-1-2-4-6-15/h7H,1-6H2,(H2,12,13,14). The topological polar surface area (TPSA) is 55.0 Å². The molecule has 0 aromatic carbocycles. The van der Waals surface area contributed by atoms with Crippen molar-refractivity contribution in [2.24, 2.45) is 0 Å². The Labute approximate surface area is 98.0 Å². The SMILES string of the molecule is Nc1ncc(Br)c(N2CCCCCC2)n1. The van der Waals surface area contributed by atoms with Crippen molar-refractivity contribution in [3.63, 3.8) is 0 Å². The van der Waals surface area contributed by atoms with Crippen molar-refractivity contribution < 1.29 is 0 Å². The van der Waals surface area contributed by atoms with E-state index < -0.39 is 0 Å². The fraction of sp³-hybridized carbons (Fsp3) is 0.600. The Morgan fingerprint density at radius 2 is 1.87 bits per heavy atom. The summed E-state index contributed by atoms with van der Waals surface area (Å²) < 4.78 is 0.929. The van der Waals surface area contributed by atoms with Crippen LogP contribution in [0.2, 0.25) is 0 Å². The number of nitrogens with two attached hydrogens (primary N) is 1. The van der Waals surface area contributed by atoms with Crippen molar-refractivity contribution in [1.82, 2.24) is 9.97 Å². The Bertz CT molecular complexity index is 334. The molecule has 82 valence electrons. The molecule has 0 atom stereocenters. The lowest BCUT2D eigenvalue weighted by Crippen LogP contribution is -2.25. The third-order valence-electron chi connectivity index (χ3n) is 2.65. The van der Waals surface area contributed by atoms with E-state index in [0.717, 1.165) is 23.4 Å². The second-order valence-corrected chi connectivity index (χ2v) is 4.66. The molecule has 2 heterocycles. The third kappa shape index (κ3) is 2.59. The minimum absolute atomic E-state index is 0.345. The van der Waals surface area contributed by atoms with Crippen LogP contribution in [0.25, 0.3) is 0 Å². The Kier molecular flexibility index (Phi) is 3.41. The zero-order valence-corrected chi connectivity index (χ0v) is 10.2. The smallest absolute Gasteiger partial charge is 0.222 e. The molecular formula is C10H15BrN4.